The highest BCUT2D eigenvalue weighted by molar-refractivity contribution is 6.30. The maximum absolute atomic E-state index is 12.5. The van der Waals surface area contributed by atoms with Gasteiger partial charge in [0.1, 0.15) is 11.9 Å². The molecule has 10 heteroatoms. The molecule has 2 aromatic rings. The number of benzene rings is 1. The first kappa shape index (κ1) is 18.2. The van der Waals surface area contributed by atoms with Crippen molar-refractivity contribution < 1.29 is 27.4 Å². The fourth-order valence-electron chi connectivity index (χ4n) is 2.53. The first-order chi connectivity index (χ1) is 12.3. The molecular weight excluding hydrogens is 375 g/mol. The van der Waals surface area contributed by atoms with Crippen molar-refractivity contribution in [2.24, 2.45) is 0 Å². The highest BCUT2D eigenvalue weighted by Gasteiger charge is 2.32. The van der Waals surface area contributed by atoms with Crippen molar-refractivity contribution in [2.75, 3.05) is 13.1 Å². The molecule has 0 spiro atoms. The fraction of sp³-hybridized carbons (Fsp3) is 0.312. The second-order valence-electron chi connectivity index (χ2n) is 5.54. The number of rotatable bonds is 4. The van der Waals surface area contributed by atoms with Crippen molar-refractivity contribution in [3.05, 3.63) is 47.2 Å². The zero-order valence-corrected chi connectivity index (χ0v) is 14.0. The highest BCUT2D eigenvalue weighted by atomic mass is 35.5. The lowest BCUT2D eigenvalue weighted by atomic mass is 10.2. The number of nitrogens with zero attached hydrogens (tertiary/aromatic N) is 3. The van der Waals surface area contributed by atoms with Crippen molar-refractivity contribution in [3.8, 4) is 11.8 Å². The SMILES string of the molecule is O=C(c1cccc(OC(F)(F)F)c1)N1CC[C@@H](Oc2ncc(Cl)cn2)C1. The molecule has 1 aliphatic heterocycles. The van der Waals surface area contributed by atoms with E-state index in [9.17, 15) is 18.0 Å². The molecule has 1 fully saturated rings. The van der Waals surface area contributed by atoms with Gasteiger partial charge in [0.25, 0.3) is 5.91 Å². The predicted octanol–water partition coefficient (Wildman–Crippen LogP) is 3.32. The zero-order valence-electron chi connectivity index (χ0n) is 13.2. The first-order valence-electron chi connectivity index (χ1n) is 7.59. The number of aromatic nitrogens is 2. The summed E-state index contributed by atoms with van der Waals surface area (Å²) >= 11 is 5.70. The molecule has 26 heavy (non-hydrogen) atoms. The van der Waals surface area contributed by atoms with Crippen LogP contribution < -0.4 is 9.47 Å². The number of hydrogen-bond acceptors (Lipinski definition) is 5. The van der Waals surface area contributed by atoms with Crippen LogP contribution in [0.5, 0.6) is 11.8 Å². The van der Waals surface area contributed by atoms with Crippen molar-refractivity contribution in [1.29, 1.82) is 0 Å². The summed E-state index contributed by atoms with van der Waals surface area (Å²) in [4.78, 5) is 21.8. The van der Waals surface area contributed by atoms with E-state index < -0.39 is 18.0 Å². The minimum Gasteiger partial charge on any atom is -0.458 e. The van der Waals surface area contributed by atoms with Crippen LogP contribution in [-0.2, 0) is 0 Å². The number of alkyl halides is 3. The van der Waals surface area contributed by atoms with Gasteiger partial charge in [0, 0.05) is 18.5 Å². The molecule has 1 atom stereocenters. The lowest BCUT2D eigenvalue weighted by molar-refractivity contribution is -0.274. The van der Waals surface area contributed by atoms with Gasteiger partial charge in [0.15, 0.2) is 0 Å². The van der Waals surface area contributed by atoms with E-state index in [1.54, 1.807) is 0 Å². The molecule has 0 aliphatic carbocycles. The van der Waals surface area contributed by atoms with Crippen LogP contribution in [0.4, 0.5) is 13.2 Å². The third-order valence-corrected chi connectivity index (χ3v) is 3.81. The number of carbonyl (C=O) groups excluding carboxylic acids is 1. The zero-order chi connectivity index (χ0) is 18.7. The number of ether oxygens (including phenoxy) is 2. The molecule has 1 saturated heterocycles. The largest absolute Gasteiger partial charge is 0.573 e. The summed E-state index contributed by atoms with van der Waals surface area (Å²) in [5.74, 6) is -0.842. The quantitative estimate of drug-likeness (QED) is 0.805. The standard InChI is InChI=1S/C16H13ClF3N3O3/c17-11-7-21-15(22-8-11)25-13-4-5-23(9-13)14(24)10-2-1-3-12(6-10)26-16(18,19)20/h1-3,6-8,13H,4-5,9H2/t13-/m1/s1. The van der Waals surface area contributed by atoms with Gasteiger partial charge in [-0.05, 0) is 18.2 Å². The first-order valence-corrected chi connectivity index (χ1v) is 7.97. The molecule has 2 heterocycles. The second kappa shape index (κ2) is 7.36. The third-order valence-electron chi connectivity index (χ3n) is 3.62. The van der Waals surface area contributed by atoms with Gasteiger partial charge in [-0.25, -0.2) is 9.97 Å². The van der Waals surface area contributed by atoms with Gasteiger partial charge in [-0.15, -0.1) is 13.2 Å². The van der Waals surface area contributed by atoms with E-state index >= 15 is 0 Å². The van der Waals surface area contributed by atoms with Gasteiger partial charge in [-0.1, -0.05) is 17.7 Å². The Kier molecular flexibility index (Phi) is 5.17. The maximum atomic E-state index is 12.5. The summed E-state index contributed by atoms with van der Waals surface area (Å²) in [6, 6.07) is 5.11. The molecule has 0 unspecified atom stereocenters. The number of amides is 1. The van der Waals surface area contributed by atoms with Crippen LogP contribution in [0.1, 0.15) is 16.8 Å². The Bertz CT molecular complexity index is 786. The van der Waals surface area contributed by atoms with Crippen LogP contribution in [0.3, 0.4) is 0 Å². The molecule has 138 valence electrons. The van der Waals surface area contributed by atoms with E-state index in [1.165, 1.54) is 29.4 Å². The van der Waals surface area contributed by atoms with Crippen LogP contribution in [0.25, 0.3) is 0 Å². The molecular formula is C16H13ClF3N3O3. The van der Waals surface area contributed by atoms with E-state index in [4.69, 9.17) is 16.3 Å². The van der Waals surface area contributed by atoms with Crippen molar-refractivity contribution in [2.45, 2.75) is 18.9 Å². The Balaban J connectivity index is 1.62. The maximum Gasteiger partial charge on any atom is 0.573 e. The van der Waals surface area contributed by atoms with Gasteiger partial charge in [0.05, 0.1) is 24.0 Å². The Morgan fingerprint density at radius 3 is 2.69 bits per heavy atom. The molecule has 3 rings (SSSR count). The van der Waals surface area contributed by atoms with E-state index in [-0.39, 0.29) is 24.2 Å². The van der Waals surface area contributed by atoms with Crippen molar-refractivity contribution in [3.63, 3.8) is 0 Å². The molecule has 0 saturated carbocycles. The molecule has 1 aromatic heterocycles. The molecule has 1 amide bonds. The molecule has 6 nitrogen and oxygen atoms in total. The van der Waals surface area contributed by atoms with E-state index in [1.807, 2.05) is 0 Å². The van der Waals surface area contributed by atoms with E-state index in [2.05, 4.69) is 14.7 Å². The second-order valence-corrected chi connectivity index (χ2v) is 5.98. The number of likely N-dealkylation sites (tertiary alicyclic amines) is 1. The minimum atomic E-state index is -4.81. The highest BCUT2D eigenvalue weighted by Crippen LogP contribution is 2.25. The monoisotopic (exact) mass is 387 g/mol. The Morgan fingerprint density at radius 1 is 1.27 bits per heavy atom. The Labute approximate surface area is 151 Å². The van der Waals surface area contributed by atoms with Crippen LogP contribution in [0.15, 0.2) is 36.7 Å². The molecule has 0 N–H and O–H groups in total. The normalized spacial score (nSPS) is 17.2. The fourth-order valence-corrected chi connectivity index (χ4v) is 2.63. The number of carbonyl (C=O) groups is 1. The van der Waals surface area contributed by atoms with Crippen molar-refractivity contribution >= 4 is 17.5 Å². The average Bonchev–Trinajstić information content (AvgIpc) is 3.03. The van der Waals surface area contributed by atoms with Gasteiger partial charge in [-0.2, -0.15) is 0 Å². The van der Waals surface area contributed by atoms with Crippen LogP contribution >= 0.6 is 11.6 Å². The van der Waals surface area contributed by atoms with Crippen molar-refractivity contribution in [1.82, 2.24) is 14.9 Å². The summed E-state index contributed by atoms with van der Waals surface area (Å²) in [7, 11) is 0. The van der Waals surface area contributed by atoms with Gasteiger partial charge in [0.2, 0.25) is 0 Å². The summed E-state index contributed by atoms with van der Waals surface area (Å²) in [5, 5.41) is 0.376. The molecule has 0 bridgehead atoms. The van der Waals surface area contributed by atoms with Crippen LogP contribution in [0.2, 0.25) is 5.02 Å². The summed E-state index contributed by atoms with van der Waals surface area (Å²) in [5.41, 5.74) is 0.107. The summed E-state index contributed by atoms with van der Waals surface area (Å²) < 4.78 is 46.3. The molecule has 0 radical (unpaired) electrons. The Hall–Kier alpha value is -2.55. The average molecular weight is 388 g/mol. The number of halogens is 4. The third kappa shape index (κ3) is 4.75. The molecule has 1 aromatic carbocycles. The summed E-state index contributed by atoms with van der Waals surface area (Å²) in [6.45, 7) is 0.677. The van der Waals surface area contributed by atoms with Gasteiger partial charge >= 0.3 is 12.4 Å². The Morgan fingerprint density at radius 2 is 2.00 bits per heavy atom. The number of hydrogen-bond donors (Lipinski definition) is 0. The smallest absolute Gasteiger partial charge is 0.458 e. The lowest BCUT2D eigenvalue weighted by Gasteiger charge is -2.17. The van der Waals surface area contributed by atoms with E-state index in [0.717, 1.165) is 12.1 Å². The summed E-state index contributed by atoms with van der Waals surface area (Å²) in [6.07, 6.45) is -1.78. The van der Waals surface area contributed by atoms with E-state index in [0.29, 0.717) is 18.0 Å². The van der Waals surface area contributed by atoms with Gasteiger partial charge < -0.3 is 14.4 Å². The lowest BCUT2D eigenvalue weighted by Crippen LogP contribution is -2.31. The van der Waals surface area contributed by atoms with Crippen LogP contribution in [0, 0.1) is 0 Å². The minimum absolute atomic E-state index is 0.107. The van der Waals surface area contributed by atoms with Gasteiger partial charge in [-0.3, -0.25) is 4.79 Å². The van der Waals surface area contributed by atoms with Crippen LogP contribution in [-0.4, -0.2) is 46.3 Å². The topological polar surface area (TPSA) is 64.5 Å². The molecule has 1 aliphatic rings. The predicted molar refractivity (Wildman–Crippen MR) is 85.1 cm³/mol.